The summed E-state index contributed by atoms with van der Waals surface area (Å²) >= 11 is 0. The minimum absolute atomic E-state index is 0.109. The monoisotopic (exact) mass is 625 g/mol. The molecule has 2 aliphatic heterocycles. The van der Waals surface area contributed by atoms with E-state index in [0.717, 1.165) is 12.2 Å². The first-order valence-electron chi connectivity index (χ1n) is 14.1. The third-order valence-corrected chi connectivity index (χ3v) is 8.05. The Labute approximate surface area is 251 Å². The van der Waals surface area contributed by atoms with Gasteiger partial charge in [0.05, 0.1) is 30.7 Å². The van der Waals surface area contributed by atoms with Gasteiger partial charge in [0, 0.05) is 5.56 Å². The molecule has 0 bridgehead atoms. The molecule has 0 saturated carbocycles. The van der Waals surface area contributed by atoms with Crippen molar-refractivity contribution in [1.29, 1.82) is 0 Å². The highest BCUT2D eigenvalue weighted by molar-refractivity contribution is 6.11. The summed E-state index contributed by atoms with van der Waals surface area (Å²) in [4.78, 5) is 26.8. The fourth-order valence-electron chi connectivity index (χ4n) is 5.66. The first kappa shape index (κ1) is 34.1. The standard InChI is InChI=1S/C29H38O15/c1-2-6-15-23(43-24-19(33)16(11-30)41-26(37)21(24)35)14(18(32)13-7-4-3-5-8-13)9-10-29(15,28(39)40)44-25-20(34)17(12-31)42-27(38)22(25)36/h3-5,7-10,15-17,19-22,24-27,30-31,33-38H,2,6,11-12H2,1H3,(H,39,40)/p-1. The second-order valence-corrected chi connectivity index (χ2v) is 10.9. The Morgan fingerprint density at radius 2 is 1.41 bits per heavy atom. The zero-order valence-corrected chi connectivity index (χ0v) is 23.7. The molecule has 0 amide bonds. The number of ether oxygens (including phenoxy) is 4. The second-order valence-electron chi connectivity index (χ2n) is 10.9. The number of carboxylic acid groups (broad SMARTS) is 1. The Balaban J connectivity index is 1.87. The first-order valence-corrected chi connectivity index (χ1v) is 14.1. The summed E-state index contributed by atoms with van der Waals surface area (Å²) in [5, 5.41) is 95.7. The molecule has 2 fully saturated rings. The van der Waals surface area contributed by atoms with Gasteiger partial charge in [-0.1, -0.05) is 43.7 Å². The molecule has 44 heavy (non-hydrogen) atoms. The highest BCUT2D eigenvalue weighted by Crippen LogP contribution is 2.44. The zero-order chi connectivity index (χ0) is 32.3. The number of Topliss-reactive ketones (excluding diaryl/α,β-unsaturated/α-hetero) is 1. The molecule has 1 aromatic rings. The second kappa shape index (κ2) is 14.1. The summed E-state index contributed by atoms with van der Waals surface area (Å²) in [6.45, 7) is 0.0508. The van der Waals surface area contributed by atoms with Gasteiger partial charge in [0.2, 0.25) is 0 Å². The van der Waals surface area contributed by atoms with Crippen LogP contribution in [0.25, 0.3) is 0 Å². The predicted octanol–water partition coefficient (Wildman–Crippen LogP) is -3.77. The molecule has 8 N–H and O–H groups in total. The van der Waals surface area contributed by atoms with Crippen molar-refractivity contribution in [2.45, 2.75) is 86.8 Å². The Bertz CT molecular complexity index is 1220. The van der Waals surface area contributed by atoms with Crippen molar-refractivity contribution >= 4 is 11.8 Å². The molecule has 4 rings (SSSR count). The Morgan fingerprint density at radius 1 is 0.864 bits per heavy atom. The predicted molar refractivity (Wildman–Crippen MR) is 143 cm³/mol. The van der Waals surface area contributed by atoms with Gasteiger partial charge in [0.25, 0.3) is 0 Å². The lowest BCUT2D eigenvalue weighted by Crippen LogP contribution is -2.66. The van der Waals surface area contributed by atoms with Crippen LogP contribution in [-0.4, -0.2) is 133 Å². The van der Waals surface area contributed by atoms with Gasteiger partial charge in [-0.15, -0.1) is 0 Å². The summed E-state index contributed by atoms with van der Waals surface area (Å²) in [7, 11) is 0. The molecule has 1 aromatic carbocycles. The van der Waals surface area contributed by atoms with Gasteiger partial charge in [-0.25, -0.2) is 0 Å². The van der Waals surface area contributed by atoms with Crippen LogP contribution in [0.4, 0.5) is 0 Å². The molecule has 12 atom stereocenters. The van der Waals surface area contributed by atoms with Gasteiger partial charge in [-0.3, -0.25) is 4.79 Å². The Kier molecular flexibility index (Phi) is 10.9. The number of benzene rings is 1. The minimum atomic E-state index is -2.61. The Hall–Kier alpha value is -2.80. The van der Waals surface area contributed by atoms with Crippen LogP contribution in [0.2, 0.25) is 0 Å². The van der Waals surface area contributed by atoms with Crippen LogP contribution in [-0.2, 0) is 23.7 Å². The van der Waals surface area contributed by atoms with Gasteiger partial charge in [0.15, 0.2) is 24.5 Å². The average Bonchev–Trinajstić information content (AvgIpc) is 3.02. The normalized spacial score (nSPS) is 39.2. The van der Waals surface area contributed by atoms with E-state index in [0.29, 0.717) is 0 Å². The fraction of sp³-hybridized carbons (Fsp3) is 0.586. The molecule has 15 nitrogen and oxygen atoms in total. The van der Waals surface area contributed by atoms with Crippen LogP contribution >= 0.6 is 0 Å². The molecular formula is C29H37O15-. The number of hydrogen-bond donors (Lipinski definition) is 8. The van der Waals surface area contributed by atoms with Gasteiger partial charge in [-0.2, -0.15) is 0 Å². The molecule has 1 aliphatic carbocycles. The number of hydrogen-bond acceptors (Lipinski definition) is 15. The van der Waals surface area contributed by atoms with Crippen molar-refractivity contribution in [3.05, 3.63) is 59.4 Å². The number of carbonyl (C=O) groups is 2. The van der Waals surface area contributed by atoms with Crippen molar-refractivity contribution in [2.75, 3.05) is 13.2 Å². The highest BCUT2D eigenvalue weighted by atomic mass is 16.7. The molecule has 15 heteroatoms. The van der Waals surface area contributed by atoms with E-state index in [9.17, 15) is 55.5 Å². The van der Waals surface area contributed by atoms with Crippen molar-refractivity contribution in [2.24, 2.45) is 5.92 Å². The van der Waals surface area contributed by atoms with Gasteiger partial charge < -0.3 is 69.7 Å². The van der Waals surface area contributed by atoms with E-state index < -0.39 is 104 Å². The number of rotatable bonds is 11. The third-order valence-electron chi connectivity index (χ3n) is 8.05. The molecule has 2 heterocycles. The lowest BCUT2D eigenvalue weighted by Gasteiger charge is -2.49. The van der Waals surface area contributed by atoms with Crippen molar-refractivity contribution in [3.8, 4) is 0 Å². The Morgan fingerprint density at radius 3 is 1.93 bits per heavy atom. The number of ketones is 1. The van der Waals surface area contributed by atoms with Crippen LogP contribution in [0.5, 0.6) is 0 Å². The average molecular weight is 626 g/mol. The van der Waals surface area contributed by atoms with Crippen LogP contribution in [0.1, 0.15) is 30.1 Å². The molecule has 0 spiro atoms. The van der Waals surface area contributed by atoms with E-state index in [1.165, 1.54) is 12.1 Å². The minimum Gasteiger partial charge on any atom is -0.547 e. The quantitative estimate of drug-likeness (QED) is 0.110. The molecule has 244 valence electrons. The number of aliphatic hydroxyl groups is 8. The number of carbonyl (C=O) groups excluding carboxylic acids is 2. The lowest BCUT2D eigenvalue weighted by molar-refractivity contribution is -0.347. The molecule has 0 radical (unpaired) electrons. The molecular weight excluding hydrogens is 588 g/mol. The van der Waals surface area contributed by atoms with E-state index in [4.69, 9.17) is 18.9 Å². The molecule has 0 aromatic heterocycles. The lowest BCUT2D eigenvalue weighted by atomic mass is 9.75. The van der Waals surface area contributed by atoms with Crippen LogP contribution in [0.3, 0.4) is 0 Å². The van der Waals surface area contributed by atoms with Crippen molar-refractivity contribution < 1.29 is 74.5 Å². The smallest absolute Gasteiger partial charge is 0.196 e. The topological polar surface area (TPSA) is 256 Å². The van der Waals surface area contributed by atoms with E-state index in [2.05, 4.69) is 0 Å². The van der Waals surface area contributed by atoms with E-state index >= 15 is 0 Å². The van der Waals surface area contributed by atoms with Crippen LogP contribution < -0.4 is 5.11 Å². The van der Waals surface area contributed by atoms with E-state index in [1.54, 1.807) is 25.1 Å². The number of allylic oxidation sites excluding steroid dienone is 2. The van der Waals surface area contributed by atoms with Crippen LogP contribution in [0, 0.1) is 5.92 Å². The largest absolute Gasteiger partial charge is 0.547 e. The third kappa shape index (κ3) is 6.31. The summed E-state index contributed by atoms with van der Waals surface area (Å²) in [6.07, 6.45) is -15.8. The van der Waals surface area contributed by atoms with Gasteiger partial charge in [-0.05, 0) is 18.6 Å². The van der Waals surface area contributed by atoms with Crippen molar-refractivity contribution in [3.63, 3.8) is 0 Å². The van der Waals surface area contributed by atoms with Gasteiger partial charge >= 0.3 is 0 Å². The zero-order valence-electron chi connectivity index (χ0n) is 23.7. The van der Waals surface area contributed by atoms with E-state index in [1.807, 2.05) is 0 Å². The molecule has 12 unspecified atom stereocenters. The maximum Gasteiger partial charge on any atom is 0.196 e. The fourth-order valence-corrected chi connectivity index (χ4v) is 5.66. The molecule has 2 saturated heterocycles. The summed E-state index contributed by atoms with van der Waals surface area (Å²) in [6, 6.07) is 7.81. The first-order chi connectivity index (χ1) is 20.9. The van der Waals surface area contributed by atoms with E-state index in [-0.39, 0.29) is 24.0 Å². The SMILES string of the molecule is CCCC1C(OC2C(O)C(O)OC(CO)C2O)=C(C(=O)c2ccccc2)C=CC1(OC1C(O)C(O)OC(CO)C1O)C(=O)[O-]. The summed E-state index contributed by atoms with van der Waals surface area (Å²) < 4.78 is 21.9. The van der Waals surface area contributed by atoms with Gasteiger partial charge in [0.1, 0.15) is 54.1 Å². The molecule has 3 aliphatic rings. The number of aliphatic carboxylic acids is 1. The maximum atomic E-state index is 13.8. The summed E-state index contributed by atoms with van der Waals surface area (Å²) in [5.41, 5.74) is -2.65. The number of aliphatic hydroxyl groups excluding tert-OH is 8. The number of carboxylic acids is 1. The van der Waals surface area contributed by atoms with Crippen molar-refractivity contribution in [1.82, 2.24) is 0 Å². The highest BCUT2D eigenvalue weighted by Gasteiger charge is 2.54. The summed E-state index contributed by atoms with van der Waals surface area (Å²) in [5.74, 6) is -4.45. The maximum absolute atomic E-state index is 13.8. The van der Waals surface area contributed by atoms with Crippen LogP contribution in [0.15, 0.2) is 53.8 Å².